The van der Waals surface area contributed by atoms with Crippen molar-refractivity contribution >= 4 is 65.4 Å². The number of aromatic nitrogens is 4. The highest BCUT2D eigenvalue weighted by Crippen LogP contribution is 2.41. The molecular formula is C48H28N4O. The van der Waals surface area contributed by atoms with E-state index >= 15 is 0 Å². The van der Waals surface area contributed by atoms with Crippen LogP contribution in [0.5, 0.6) is 0 Å². The van der Waals surface area contributed by atoms with Gasteiger partial charge in [0.05, 0.1) is 39.3 Å². The lowest BCUT2D eigenvalue weighted by Gasteiger charge is -2.12. The highest BCUT2D eigenvalue weighted by molar-refractivity contribution is 6.24. The van der Waals surface area contributed by atoms with E-state index in [9.17, 15) is 0 Å². The summed E-state index contributed by atoms with van der Waals surface area (Å²) in [5.41, 5.74) is 12.1. The van der Waals surface area contributed by atoms with Crippen molar-refractivity contribution in [1.29, 1.82) is 0 Å². The van der Waals surface area contributed by atoms with Crippen molar-refractivity contribution in [2.45, 2.75) is 0 Å². The predicted molar refractivity (Wildman–Crippen MR) is 217 cm³/mol. The van der Waals surface area contributed by atoms with Gasteiger partial charge in [0.25, 0.3) is 0 Å². The van der Waals surface area contributed by atoms with Crippen molar-refractivity contribution in [3.8, 4) is 45.0 Å². The van der Waals surface area contributed by atoms with Crippen LogP contribution in [-0.2, 0) is 0 Å². The molecular weight excluding hydrogens is 649 g/mol. The number of para-hydroxylation sites is 2. The Morgan fingerprint density at radius 1 is 0.396 bits per heavy atom. The van der Waals surface area contributed by atoms with Crippen LogP contribution in [0, 0.1) is 0 Å². The fourth-order valence-corrected chi connectivity index (χ4v) is 7.68. The average Bonchev–Trinajstić information content (AvgIpc) is 3.62. The number of furan rings is 1. The summed E-state index contributed by atoms with van der Waals surface area (Å²) in [5, 5.41) is 7.54. The van der Waals surface area contributed by atoms with Crippen LogP contribution in [0.25, 0.3) is 110 Å². The Labute approximate surface area is 303 Å². The molecule has 0 bridgehead atoms. The van der Waals surface area contributed by atoms with E-state index in [1.807, 2.05) is 42.6 Å². The van der Waals surface area contributed by atoms with E-state index in [0.717, 1.165) is 110 Å². The van der Waals surface area contributed by atoms with Gasteiger partial charge in [0.1, 0.15) is 11.2 Å². The molecule has 246 valence electrons. The topological polar surface area (TPSA) is 64.7 Å². The van der Waals surface area contributed by atoms with Crippen molar-refractivity contribution in [2.75, 3.05) is 0 Å². The predicted octanol–water partition coefficient (Wildman–Crippen LogP) is 12.4. The summed E-state index contributed by atoms with van der Waals surface area (Å²) in [4.78, 5) is 20.4. The summed E-state index contributed by atoms with van der Waals surface area (Å²) in [6.45, 7) is 0. The molecule has 0 fully saturated rings. The largest absolute Gasteiger partial charge is 0.455 e. The van der Waals surface area contributed by atoms with Crippen LogP contribution >= 0.6 is 0 Å². The molecule has 5 heterocycles. The zero-order valence-electron chi connectivity index (χ0n) is 28.4. The van der Waals surface area contributed by atoms with Crippen molar-refractivity contribution in [3.05, 3.63) is 170 Å². The normalized spacial score (nSPS) is 11.8. The van der Waals surface area contributed by atoms with E-state index in [1.54, 1.807) is 0 Å². The van der Waals surface area contributed by atoms with Gasteiger partial charge in [-0.3, -0.25) is 4.98 Å². The van der Waals surface area contributed by atoms with Gasteiger partial charge in [0.2, 0.25) is 0 Å². The number of benzene rings is 6. The number of nitrogens with zero attached hydrogens (tertiary/aromatic N) is 4. The first kappa shape index (κ1) is 29.5. The van der Waals surface area contributed by atoms with Crippen molar-refractivity contribution < 1.29 is 4.42 Å². The second-order valence-corrected chi connectivity index (χ2v) is 13.4. The molecule has 0 aliphatic heterocycles. The number of hydrogen-bond acceptors (Lipinski definition) is 5. The van der Waals surface area contributed by atoms with Crippen LogP contribution in [0.4, 0.5) is 0 Å². The summed E-state index contributed by atoms with van der Waals surface area (Å²) < 4.78 is 6.53. The second kappa shape index (κ2) is 11.7. The highest BCUT2D eigenvalue weighted by atomic mass is 16.3. The molecule has 5 aromatic heterocycles. The minimum absolute atomic E-state index is 0.855. The Morgan fingerprint density at radius 2 is 1.04 bits per heavy atom. The molecule has 5 nitrogen and oxygen atoms in total. The maximum atomic E-state index is 6.53. The first-order chi connectivity index (χ1) is 26.2. The number of rotatable bonds is 4. The van der Waals surface area contributed by atoms with E-state index in [0.29, 0.717) is 0 Å². The van der Waals surface area contributed by atoms with Gasteiger partial charge < -0.3 is 4.42 Å². The molecule has 5 heteroatoms. The van der Waals surface area contributed by atoms with Gasteiger partial charge in [0.15, 0.2) is 0 Å². The monoisotopic (exact) mass is 676 g/mol. The third-order valence-corrected chi connectivity index (χ3v) is 10.3. The van der Waals surface area contributed by atoms with Gasteiger partial charge in [-0.15, -0.1) is 0 Å². The minimum Gasteiger partial charge on any atom is -0.455 e. The van der Waals surface area contributed by atoms with Crippen molar-refractivity contribution in [3.63, 3.8) is 0 Å². The van der Waals surface area contributed by atoms with E-state index in [1.165, 1.54) is 0 Å². The molecule has 11 aromatic rings. The fraction of sp³-hybridized carbons (Fsp3) is 0. The number of pyridine rings is 4. The lowest BCUT2D eigenvalue weighted by molar-refractivity contribution is 0.673. The molecule has 53 heavy (non-hydrogen) atoms. The van der Waals surface area contributed by atoms with Crippen LogP contribution in [0.2, 0.25) is 0 Å². The molecule has 0 aliphatic rings. The van der Waals surface area contributed by atoms with Gasteiger partial charge in [-0.1, -0.05) is 115 Å². The van der Waals surface area contributed by atoms with E-state index < -0.39 is 0 Å². The highest BCUT2D eigenvalue weighted by Gasteiger charge is 2.18. The first-order valence-corrected chi connectivity index (χ1v) is 17.7. The van der Waals surface area contributed by atoms with E-state index in [-0.39, 0.29) is 0 Å². The molecule has 0 saturated heterocycles. The summed E-state index contributed by atoms with van der Waals surface area (Å²) in [5.74, 6) is 0. The van der Waals surface area contributed by atoms with Crippen LogP contribution in [0.1, 0.15) is 0 Å². The SMILES string of the molecule is c1ccc(-c2ccc3ccc4ccc(-c5ccc(-c6cccc(-c7nc8ccccc8c8c7ccc7c9ccccc9oc78)c6)nc5)nc4c3n2)cc1. The fourth-order valence-electron chi connectivity index (χ4n) is 7.68. The molecule has 0 N–H and O–H groups in total. The van der Waals surface area contributed by atoms with Gasteiger partial charge >= 0.3 is 0 Å². The Bertz CT molecular complexity index is 3220. The average molecular weight is 677 g/mol. The molecule has 11 rings (SSSR count). The Kier molecular flexibility index (Phi) is 6.48. The smallest absolute Gasteiger partial charge is 0.144 e. The van der Waals surface area contributed by atoms with Crippen LogP contribution in [0.3, 0.4) is 0 Å². The number of fused-ring (bicyclic) bond motifs is 10. The zero-order valence-corrected chi connectivity index (χ0v) is 28.4. The molecule has 0 unspecified atom stereocenters. The van der Waals surface area contributed by atoms with Gasteiger partial charge in [-0.05, 0) is 48.5 Å². The van der Waals surface area contributed by atoms with E-state index in [2.05, 4.69) is 127 Å². The van der Waals surface area contributed by atoms with Gasteiger partial charge in [-0.25, -0.2) is 15.0 Å². The summed E-state index contributed by atoms with van der Waals surface area (Å²) >= 11 is 0. The Balaban J connectivity index is 0.991. The lowest BCUT2D eigenvalue weighted by atomic mass is 9.96. The summed E-state index contributed by atoms with van der Waals surface area (Å²) in [6.07, 6.45) is 1.91. The lowest BCUT2D eigenvalue weighted by Crippen LogP contribution is -1.92. The molecule has 6 aromatic carbocycles. The van der Waals surface area contributed by atoms with Gasteiger partial charge in [-0.2, -0.15) is 0 Å². The molecule has 0 spiro atoms. The molecule has 0 aliphatic carbocycles. The number of hydrogen-bond donors (Lipinski definition) is 0. The zero-order chi connectivity index (χ0) is 34.9. The maximum Gasteiger partial charge on any atom is 0.144 e. The van der Waals surface area contributed by atoms with Crippen molar-refractivity contribution in [2.24, 2.45) is 0 Å². The molecule has 0 saturated carbocycles. The van der Waals surface area contributed by atoms with Crippen molar-refractivity contribution in [1.82, 2.24) is 19.9 Å². The first-order valence-electron chi connectivity index (χ1n) is 17.7. The molecule has 0 atom stereocenters. The van der Waals surface area contributed by atoms with E-state index in [4.69, 9.17) is 24.4 Å². The maximum absolute atomic E-state index is 6.53. The van der Waals surface area contributed by atoms with Crippen LogP contribution in [0.15, 0.2) is 174 Å². The van der Waals surface area contributed by atoms with Crippen LogP contribution in [-0.4, -0.2) is 19.9 Å². The van der Waals surface area contributed by atoms with Gasteiger partial charge in [0, 0.05) is 66.2 Å². The minimum atomic E-state index is 0.855. The van der Waals surface area contributed by atoms with Crippen LogP contribution < -0.4 is 0 Å². The summed E-state index contributed by atoms with van der Waals surface area (Å²) in [7, 11) is 0. The Hall–Kier alpha value is -7.24. The standard InChI is InChI=1S/C48H28N4O/c1-2-9-29(10-3-1)40-25-19-30-17-18-31-20-26-41(51-47(31)46(30)50-40)34-21-24-39(49-28-34)32-11-8-12-33(27-32)45-38-23-22-36-35-13-5-7-16-43(35)53-48(36)44(38)37-14-4-6-15-42(37)52-45/h1-28H. The Morgan fingerprint density at radius 3 is 1.83 bits per heavy atom. The third kappa shape index (κ3) is 4.79. The summed E-state index contributed by atoms with van der Waals surface area (Å²) in [6, 6.07) is 56.4. The quantitative estimate of drug-likeness (QED) is 0.174. The second-order valence-electron chi connectivity index (χ2n) is 13.4. The molecule has 0 amide bonds. The molecule has 0 radical (unpaired) electrons. The third-order valence-electron chi connectivity index (χ3n) is 10.3.